The van der Waals surface area contributed by atoms with E-state index in [1.807, 2.05) is 4.90 Å². The predicted octanol–water partition coefficient (Wildman–Crippen LogP) is 4.32. The maximum absolute atomic E-state index is 14.0. The van der Waals surface area contributed by atoms with Crippen LogP contribution in [0.5, 0.6) is 0 Å². The van der Waals surface area contributed by atoms with Crippen molar-refractivity contribution in [2.75, 3.05) is 25.0 Å². The minimum atomic E-state index is -0.478. The van der Waals surface area contributed by atoms with Gasteiger partial charge in [-0.1, -0.05) is 42.1 Å². The van der Waals surface area contributed by atoms with E-state index in [9.17, 15) is 14.0 Å². The Labute approximate surface area is 175 Å². The van der Waals surface area contributed by atoms with Crippen LogP contribution in [0.25, 0.3) is 0 Å². The first kappa shape index (κ1) is 22.8. The standard InChI is InChI=1S/C21H31BrFN3O2/c1-3-4-5-6-11-24-21(28)16-8-7-12-26(14-16)15(2)20(27)25-19-10-9-17(22)13-18(19)23/h9-10,13,15-16H,3-8,11-12,14H2,1-2H3,(H,24,28)(H,25,27). The zero-order valence-corrected chi connectivity index (χ0v) is 18.4. The number of benzene rings is 1. The summed E-state index contributed by atoms with van der Waals surface area (Å²) in [5, 5.41) is 5.69. The molecule has 5 nitrogen and oxygen atoms in total. The molecule has 0 aliphatic carbocycles. The average molecular weight is 456 g/mol. The Balaban J connectivity index is 1.84. The lowest BCUT2D eigenvalue weighted by atomic mass is 9.95. The zero-order chi connectivity index (χ0) is 20.5. The molecule has 1 aliphatic heterocycles. The van der Waals surface area contributed by atoms with Crippen molar-refractivity contribution in [1.82, 2.24) is 10.2 Å². The largest absolute Gasteiger partial charge is 0.356 e. The van der Waals surface area contributed by atoms with E-state index >= 15 is 0 Å². The minimum absolute atomic E-state index is 0.0766. The highest BCUT2D eigenvalue weighted by Crippen LogP contribution is 2.22. The second-order valence-electron chi connectivity index (χ2n) is 7.48. The van der Waals surface area contributed by atoms with Gasteiger partial charge < -0.3 is 10.6 Å². The molecule has 1 heterocycles. The number of hydrogen-bond acceptors (Lipinski definition) is 3. The van der Waals surface area contributed by atoms with Gasteiger partial charge >= 0.3 is 0 Å². The highest BCUT2D eigenvalue weighted by Gasteiger charge is 2.31. The van der Waals surface area contributed by atoms with E-state index in [2.05, 4.69) is 33.5 Å². The van der Waals surface area contributed by atoms with Crippen LogP contribution >= 0.6 is 15.9 Å². The first-order valence-corrected chi connectivity index (χ1v) is 11.0. The Morgan fingerprint density at radius 2 is 2.11 bits per heavy atom. The van der Waals surface area contributed by atoms with Crippen molar-refractivity contribution in [2.45, 2.75) is 58.4 Å². The Morgan fingerprint density at radius 1 is 1.32 bits per heavy atom. The number of carbonyl (C=O) groups excluding carboxylic acids is 2. The maximum atomic E-state index is 14.0. The lowest BCUT2D eigenvalue weighted by Crippen LogP contribution is -2.50. The normalized spacial score (nSPS) is 18.5. The number of rotatable bonds is 9. The van der Waals surface area contributed by atoms with Crippen LogP contribution in [0.3, 0.4) is 0 Å². The van der Waals surface area contributed by atoms with Crippen molar-refractivity contribution in [1.29, 1.82) is 0 Å². The molecule has 2 amide bonds. The zero-order valence-electron chi connectivity index (χ0n) is 16.8. The minimum Gasteiger partial charge on any atom is -0.356 e. The van der Waals surface area contributed by atoms with Crippen molar-refractivity contribution in [2.24, 2.45) is 5.92 Å². The number of carbonyl (C=O) groups is 2. The van der Waals surface area contributed by atoms with Crippen molar-refractivity contribution in [3.05, 3.63) is 28.5 Å². The number of nitrogens with zero attached hydrogens (tertiary/aromatic N) is 1. The van der Waals surface area contributed by atoms with Gasteiger partial charge in [-0.25, -0.2) is 4.39 Å². The van der Waals surface area contributed by atoms with E-state index in [1.54, 1.807) is 13.0 Å². The molecule has 1 saturated heterocycles. The molecule has 0 radical (unpaired) electrons. The Kier molecular flexibility index (Phi) is 9.38. The molecular weight excluding hydrogens is 425 g/mol. The van der Waals surface area contributed by atoms with Crippen molar-refractivity contribution >= 4 is 33.4 Å². The smallest absolute Gasteiger partial charge is 0.241 e. The molecule has 0 spiro atoms. The van der Waals surface area contributed by atoms with Crippen molar-refractivity contribution in [3.63, 3.8) is 0 Å². The third-order valence-electron chi connectivity index (χ3n) is 5.27. The number of amides is 2. The first-order chi connectivity index (χ1) is 13.4. The van der Waals surface area contributed by atoms with Gasteiger partial charge in [-0.05, 0) is 50.9 Å². The van der Waals surface area contributed by atoms with E-state index in [-0.39, 0.29) is 23.4 Å². The van der Waals surface area contributed by atoms with Crippen LogP contribution in [0.1, 0.15) is 52.4 Å². The molecule has 0 bridgehead atoms. The third-order valence-corrected chi connectivity index (χ3v) is 5.76. The summed E-state index contributed by atoms with van der Waals surface area (Å²) in [5.74, 6) is -0.761. The summed E-state index contributed by atoms with van der Waals surface area (Å²) < 4.78 is 14.6. The van der Waals surface area contributed by atoms with Gasteiger partial charge in [0.25, 0.3) is 0 Å². The summed E-state index contributed by atoms with van der Waals surface area (Å²) in [4.78, 5) is 27.0. The van der Waals surface area contributed by atoms with Gasteiger partial charge in [0, 0.05) is 17.6 Å². The second-order valence-corrected chi connectivity index (χ2v) is 8.39. The van der Waals surface area contributed by atoms with Gasteiger partial charge in [-0.15, -0.1) is 0 Å². The Hall–Kier alpha value is -1.47. The topological polar surface area (TPSA) is 61.4 Å². The lowest BCUT2D eigenvalue weighted by molar-refractivity contribution is -0.129. The quantitative estimate of drug-likeness (QED) is 0.544. The third kappa shape index (κ3) is 6.85. The van der Waals surface area contributed by atoms with Crippen LogP contribution in [-0.2, 0) is 9.59 Å². The van der Waals surface area contributed by atoms with Gasteiger partial charge in [-0.3, -0.25) is 14.5 Å². The molecule has 1 aromatic carbocycles. The van der Waals surface area contributed by atoms with Gasteiger partial charge in [0.15, 0.2) is 0 Å². The number of nitrogens with one attached hydrogen (secondary N) is 2. The fourth-order valence-electron chi connectivity index (χ4n) is 3.47. The molecule has 1 aliphatic rings. The van der Waals surface area contributed by atoms with E-state index < -0.39 is 11.9 Å². The number of halogens is 2. The molecule has 2 atom stereocenters. The summed E-state index contributed by atoms with van der Waals surface area (Å²) in [5.41, 5.74) is 0.165. The predicted molar refractivity (Wildman–Crippen MR) is 114 cm³/mol. The Bertz CT molecular complexity index is 671. The first-order valence-electron chi connectivity index (χ1n) is 10.2. The maximum Gasteiger partial charge on any atom is 0.241 e. The molecule has 1 fully saturated rings. The van der Waals surface area contributed by atoms with Crippen molar-refractivity contribution in [3.8, 4) is 0 Å². The molecule has 7 heteroatoms. The Morgan fingerprint density at radius 3 is 2.82 bits per heavy atom. The molecule has 2 rings (SSSR count). The number of anilines is 1. The average Bonchev–Trinajstić information content (AvgIpc) is 2.69. The van der Waals surface area contributed by atoms with Gasteiger partial charge in [0.05, 0.1) is 17.6 Å². The molecule has 0 aromatic heterocycles. The van der Waals surface area contributed by atoms with E-state index in [0.717, 1.165) is 32.2 Å². The number of hydrogen-bond donors (Lipinski definition) is 2. The fraction of sp³-hybridized carbons (Fsp3) is 0.619. The molecule has 1 aromatic rings. The monoisotopic (exact) mass is 455 g/mol. The molecule has 28 heavy (non-hydrogen) atoms. The van der Waals surface area contributed by atoms with Crippen LogP contribution in [0.4, 0.5) is 10.1 Å². The highest BCUT2D eigenvalue weighted by atomic mass is 79.9. The lowest BCUT2D eigenvalue weighted by Gasteiger charge is -2.35. The van der Waals surface area contributed by atoms with E-state index in [1.165, 1.54) is 25.0 Å². The number of unbranched alkanes of at least 4 members (excludes halogenated alkanes) is 3. The van der Waals surface area contributed by atoms with Crippen LogP contribution in [-0.4, -0.2) is 42.4 Å². The summed E-state index contributed by atoms with van der Waals surface area (Å²) in [6.07, 6.45) is 6.23. The SMILES string of the molecule is CCCCCCNC(=O)C1CCCN(C(C)C(=O)Nc2ccc(Br)cc2F)C1. The van der Waals surface area contributed by atoms with Crippen LogP contribution in [0, 0.1) is 11.7 Å². The fourth-order valence-corrected chi connectivity index (χ4v) is 3.81. The summed E-state index contributed by atoms with van der Waals surface area (Å²) in [6.45, 7) is 6.00. The number of likely N-dealkylation sites (tertiary alicyclic amines) is 1. The highest BCUT2D eigenvalue weighted by molar-refractivity contribution is 9.10. The second kappa shape index (κ2) is 11.5. The van der Waals surface area contributed by atoms with Crippen LogP contribution < -0.4 is 10.6 Å². The van der Waals surface area contributed by atoms with E-state index in [0.29, 0.717) is 17.6 Å². The molecule has 156 valence electrons. The number of piperidine rings is 1. The molecule has 2 unspecified atom stereocenters. The summed E-state index contributed by atoms with van der Waals surface area (Å²) in [6, 6.07) is 4.12. The van der Waals surface area contributed by atoms with Gasteiger partial charge in [0.1, 0.15) is 5.82 Å². The molecular formula is C21H31BrFN3O2. The summed E-state index contributed by atoms with van der Waals surface area (Å²) >= 11 is 3.21. The van der Waals surface area contributed by atoms with Crippen molar-refractivity contribution < 1.29 is 14.0 Å². The molecule has 2 N–H and O–H groups in total. The molecule has 0 saturated carbocycles. The van der Waals surface area contributed by atoms with E-state index in [4.69, 9.17) is 0 Å². The summed E-state index contributed by atoms with van der Waals surface area (Å²) in [7, 11) is 0. The van der Waals surface area contributed by atoms with Crippen LogP contribution in [0.2, 0.25) is 0 Å². The van der Waals surface area contributed by atoms with Gasteiger partial charge in [-0.2, -0.15) is 0 Å². The van der Waals surface area contributed by atoms with Crippen LogP contribution in [0.15, 0.2) is 22.7 Å². The van der Waals surface area contributed by atoms with Gasteiger partial charge in [0.2, 0.25) is 11.8 Å².